The lowest BCUT2D eigenvalue weighted by Gasteiger charge is -2.02. The molecule has 0 fully saturated rings. The molecule has 0 saturated carbocycles. The van der Waals surface area contributed by atoms with E-state index >= 15 is 0 Å². The lowest BCUT2D eigenvalue weighted by atomic mass is 10.1. The van der Waals surface area contributed by atoms with Gasteiger partial charge in [-0.3, -0.25) is 0 Å². The monoisotopic (exact) mass is 146 g/mol. The van der Waals surface area contributed by atoms with Gasteiger partial charge in [-0.25, -0.2) is 4.98 Å². The van der Waals surface area contributed by atoms with Crippen LogP contribution in [0.15, 0.2) is 18.3 Å². The second-order valence-corrected chi connectivity index (χ2v) is 2.74. The van der Waals surface area contributed by atoms with E-state index in [9.17, 15) is 0 Å². The lowest BCUT2D eigenvalue weighted by molar-refractivity contribution is 0.857. The lowest BCUT2D eigenvalue weighted by Crippen LogP contribution is -1.89. The Kier molecular flexibility index (Phi) is 2.22. The van der Waals surface area contributed by atoms with Gasteiger partial charge in [0.2, 0.25) is 0 Å². The first-order valence-electron chi connectivity index (χ1n) is 3.60. The fourth-order valence-corrected chi connectivity index (χ4v) is 0.813. The zero-order valence-electron chi connectivity index (χ0n) is 6.70. The molecule has 0 aliphatic heterocycles. The molecule has 0 radical (unpaired) electrons. The Bertz CT molecular complexity index is 267. The number of pyridine rings is 1. The summed E-state index contributed by atoms with van der Waals surface area (Å²) in [6, 6.07) is 5.67. The van der Waals surface area contributed by atoms with Crippen LogP contribution in [0.3, 0.4) is 0 Å². The molecule has 0 spiro atoms. The topological polar surface area (TPSA) is 36.7 Å². The van der Waals surface area contributed by atoms with Gasteiger partial charge in [-0.2, -0.15) is 5.26 Å². The highest BCUT2D eigenvalue weighted by Crippen LogP contribution is 2.11. The van der Waals surface area contributed by atoms with Gasteiger partial charge in [-0.1, -0.05) is 19.9 Å². The zero-order chi connectivity index (χ0) is 8.27. The molecule has 0 bridgehead atoms. The van der Waals surface area contributed by atoms with Gasteiger partial charge in [0.1, 0.15) is 11.8 Å². The smallest absolute Gasteiger partial charge is 0.140 e. The zero-order valence-corrected chi connectivity index (χ0v) is 6.70. The van der Waals surface area contributed by atoms with E-state index in [4.69, 9.17) is 5.26 Å². The number of rotatable bonds is 1. The Hall–Kier alpha value is -1.36. The predicted octanol–water partition coefficient (Wildman–Crippen LogP) is 2.08. The molecule has 11 heavy (non-hydrogen) atoms. The van der Waals surface area contributed by atoms with E-state index in [1.54, 1.807) is 12.3 Å². The molecule has 0 aromatic carbocycles. The molecule has 1 rings (SSSR count). The maximum absolute atomic E-state index is 8.45. The van der Waals surface area contributed by atoms with Gasteiger partial charge in [-0.15, -0.1) is 0 Å². The summed E-state index contributed by atoms with van der Waals surface area (Å²) in [6.45, 7) is 4.20. The van der Waals surface area contributed by atoms with Crippen molar-refractivity contribution in [3.63, 3.8) is 0 Å². The van der Waals surface area contributed by atoms with Crippen LogP contribution in [0.25, 0.3) is 0 Å². The summed E-state index contributed by atoms with van der Waals surface area (Å²) in [5, 5.41) is 8.45. The fraction of sp³-hybridized carbons (Fsp3) is 0.333. The first-order valence-corrected chi connectivity index (χ1v) is 3.60. The molecule has 2 heteroatoms. The predicted molar refractivity (Wildman–Crippen MR) is 43.0 cm³/mol. The van der Waals surface area contributed by atoms with Crippen LogP contribution >= 0.6 is 0 Å². The van der Waals surface area contributed by atoms with Gasteiger partial charge in [0.25, 0.3) is 0 Å². The summed E-state index contributed by atoms with van der Waals surface area (Å²) >= 11 is 0. The standard InChI is InChI=1S/C9H10N2/c1-7(2)8-3-4-9(5-10)11-6-8/h3-4,6-7H,1-2H3. The number of hydrogen-bond donors (Lipinski definition) is 0. The van der Waals surface area contributed by atoms with Gasteiger partial charge in [0.15, 0.2) is 0 Å². The Morgan fingerprint density at radius 2 is 2.18 bits per heavy atom. The maximum Gasteiger partial charge on any atom is 0.140 e. The highest BCUT2D eigenvalue weighted by molar-refractivity contribution is 5.24. The quantitative estimate of drug-likeness (QED) is 0.608. The molecule has 0 amide bonds. The third kappa shape index (κ3) is 1.78. The van der Waals surface area contributed by atoms with Gasteiger partial charge >= 0.3 is 0 Å². The van der Waals surface area contributed by atoms with E-state index in [1.807, 2.05) is 12.1 Å². The average molecular weight is 146 g/mol. The Morgan fingerprint density at radius 3 is 2.55 bits per heavy atom. The summed E-state index contributed by atoms with van der Waals surface area (Å²) in [6.07, 6.45) is 1.75. The average Bonchev–Trinajstić information content (AvgIpc) is 2.05. The maximum atomic E-state index is 8.45. The molecule has 0 aliphatic rings. The molecule has 0 unspecified atom stereocenters. The summed E-state index contributed by atoms with van der Waals surface area (Å²) in [5.41, 5.74) is 1.65. The second kappa shape index (κ2) is 3.16. The molecule has 0 saturated heterocycles. The highest BCUT2D eigenvalue weighted by atomic mass is 14.7. The largest absolute Gasteiger partial charge is 0.245 e. The van der Waals surface area contributed by atoms with E-state index in [2.05, 4.69) is 18.8 Å². The van der Waals surface area contributed by atoms with Crippen LogP contribution in [-0.4, -0.2) is 4.98 Å². The molecule has 0 aliphatic carbocycles. The van der Waals surface area contributed by atoms with Crippen LogP contribution in [0.2, 0.25) is 0 Å². The van der Waals surface area contributed by atoms with Crippen molar-refractivity contribution in [1.82, 2.24) is 4.98 Å². The molecular formula is C9H10N2. The Balaban J connectivity index is 2.94. The normalized spacial score (nSPS) is 9.64. The van der Waals surface area contributed by atoms with Crippen LogP contribution in [-0.2, 0) is 0 Å². The minimum Gasteiger partial charge on any atom is -0.245 e. The molecule has 2 nitrogen and oxygen atoms in total. The fourth-order valence-electron chi connectivity index (χ4n) is 0.813. The van der Waals surface area contributed by atoms with E-state index < -0.39 is 0 Å². The third-order valence-corrected chi connectivity index (χ3v) is 1.57. The van der Waals surface area contributed by atoms with Crippen LogP contribution < -0.4 is 0 Å². The number of nitriles is 1. The molecular weight excluding hydrogens is 136 g/mol. The molecule has 0 N–H and O–H groups in total. The van der Waals surface area contributed by atoms with Crippen molar-refractivity contribution >= 4 is 0 Å². The Morgan fingerprint density at radius 1 is 1.45 bits per heavy atom. The number of hydrogen-bond acceptors (Lipinski definition) is 2. The Labute approximate surface area is 66.5 Å². The molecule has 56 valence electrons. The second-order valence-electron chi connectivity index (χ2n) is 2.74. The summed E-state index contributed by atoms with van der Waals surface area (Å²) in [4.78, 5) is 3.96. The van der Waals surface area contributed by atoms with Crippen molar-refractivity contribution in [2.24, 2.45) is 0 Å². The van der Waals surface area contributed by atoms with Crippen LogP contribution in [0.1, 0.15) is 31.0 Å². The minimum atomic E-state index is 0.481. The van der Waals surface area contributed by atoms with Gasteiger partial charge < -0.3 is 0 Å². The van der Waals surface area contributed by atoms with Crippen molar-refractivity contribution < 1.29 is 0 Å². The SMILES string of the molecule is CC(C)c1ccc(C#N)nc1. The van der Waals surface area contributed by atoms with Crippen molar-refractivity contribution in [2.75, 3.05) is 0 Å². The molecule has 1 aromatic rings. The van der Waals surface area contributed by atoms with Crippen molar-refractivity contribution in [3.8, 4) is 6.07 Å². The van der Waals surface area contributed by atoms with E-state index in [1.165, 1.54) is 5.56 Å². The summed E-state index contributed by atoms with van der Waals surface area (Å²) in [5.74, 6) is 0.482. The van der Waals surface area contributed by atoms with Gasteiger partial charge in [0, 0.05) is 6.20 Å². The molecule has 1 aromatic heterocycles. The van der Waals surface area contributed by atoms with Crippen molar-refractivity contribution in [2.45, 2.75) is 19.8 Å². The van der Waals surface area contributed by atoms with E-state index in [-0.39, 0.29) is 0 Å². The summed E-state index contributed by atoms with van der Waals surface area (Å²) in [7, 11) is 0. The first-order chi connectivity index (χ1) is 5.24. The van der Waals surface area contributed by atoms with Crippen LogP contribution in [0, 0.1) is 11.3 Å². The molecule has 0 atom stereocenters. The number of nitrogens with zero attached hydrogens (tertiary/aromatic N) is 2. The summed E-state index contributed by atoms with van der Waals surface area (Å²) < 4.78 is 0. The van der Waals surface area contributed by atoms with Gasteiger partial charge in [-0.05, 0) is 17.5 Å². The number of aromatic nitrogens is 1. The van der Waals surface area contributed by atoms with Gasteiger partial charge in [0.05, 0.1) is 0 Å². The first kappa shape index (κ1) is 7.74. The van der Waals surface area contributed by atoms with E-state index in [0.29, 0.717) is 11.6 Å². The van der Waals surface area contributed by atoms with Crippen molar-refractivity contribution in [3.05, 3.63) is 29.6 Å². The van der Waals surface area contributed by atoms with Crippen LogP contribution in [0.4, 0.5) is 0 Å². The third-order valence-electron chi connectivity index (χ3n) is 1.57. The van der Waals surface area contributed by atoms with Crippen molar-refractivity contribution in [1.29, 1.82) is 5.26 Å². The highest BCUT2D eigenvalue weighted by Gasteiger charge is 1.98. The van der Waals surface area contributed by atoms with Crippen LogP contribution in [0.5, 0.6) is 0 Å². The van der Waals surface area contributed by atoms with E-state index in [0.717, 1.165) is 0 Å². The minimum absolute atomic E-state index is 0.481. The molecule has 1 heterocycles.